The van der Waals surface area contributed by atoms with Gasteiger partial charge in [0.2, 0.25) is 0 Å². The third-order valence-corrected chi connectivity index (χ3v) is 9.18. The van der Waals surface area contributed by atoms with Crippen molar-refractivity contribution in [3.63, 3.8) is 0 Å². The first-order valence-electron chi connectivity index (χ1n) is 21.6. The van der Waals surface area contributed by atoms with Gasteiger partial charge in [-0.25, -0.2) is 0 Å². The standard InChI is InChI=1S/C44H86O5/c1-5-46-43(47-6-2)39-35-31-27-23-19-15-11-9-13-17-21-25-29-33-37-41-45-42-38-34-30-26-22-18-14-10-12-16-20-24-28-32-36-40-44(48-7-3)49-8-4/h9-12,43-44H,5-8,13-42H2,1-4H3/b11-9-,12-10-. The first kappa shape index (κ1) is 48.3. The van der Waals surface area contributed by atoms with E-state index >= 15 is 0 Å². The number of hydrogen-bond acceptors (Lipinski definition) is 5. The molecule has 0 rings (SSSR count). The molecule has 0 saturated heterocycles. The summed E-state index contributed by atoms with van der Waals surface area (Å²) in [5.74, 6) is 0. The molecular formula is C44H86O5. The third-order valence-electron chi connectivity index (χ3n) is 9.18. The second kappa shape index (κ2) is 43.4. The van der Waals surface area contributed by atoms with Crippen LogP contribution in [0.15, 0.2) is 24.3 Å². The number of allylic oxidation sites excluding steroid dienone is 4. The smallest absolute Gasteiger partial charge is 0.157 e. The summed E-state index contributed by atoms with van der Waals surface area (Å²) >= 11 is 0. The molecule has 0 aliphatic heterocycles. The summed E-state index contributed by atoms with van der Waals surface area (Å²) in [4.78, 5) is 0. The summed E-state index contributed by atoms with van der Waals surface area (Å²) in [5, 5.41) is 0. The van der Waals surface area contributed by atoms with E-state index in [0.29, 0.717) is 0 Å². The first-order valence-corrected chi connectivity index (χ1v) is 21.6. The lowest BCUT2D eigenvalue weighted by Crippen LogP contribution is -2.17. The minimum atomic E-state index is 0.00471. The Morgan fingerprint density at radius 3 is 0.837 bits per heavy atom. The van der Waals surface area contributed by atoms with Gasteiger partial charge in [-0.2, -0.15) is 0 Å². The number of rotatable bonds is 42. The van der Waals surface area contributed by atoms with Gasteiger partial charge in [-0.15, -0.1) is 0 Å². The molecule has 0 aliphatic rings. The van der Waals surface area contributed by atoms with Crippen molar-refractivity contribution in [3.8, 4) is 0 Å². The Morgan fingerprint density at radius 1 is 0.306 bits per heavy atom. The maximum Gasteiger partial charge on any atom is 0.157 e. The molecule has 0 atom stereocenters. The Labute approximate surface area is 307 Å². The molecule has 0 aromatic carbocycles. The van der Waals surface area contributed by atoms with Gasteiger partial charge in [0.15, 0.2) is 12.6 Å². The van der Waals surface area contributed by atoms with Crippen LogP contribution >= 0.6 is 0 Å². The van der Waals surface area contributed by atoms with Gasteiger partial charge in [0, 0.05) is 39.6 Å². The van der Waals surface area contributed by atoms with Crippen LogP contribution in [0.25, 0.3) is 0 Å². The molecule has 0 N–H and O–H groups in total. The van der Waals surface area contributed by atoms with Crippen molar-refractivity contribution in [2.24, 2.45) is 0 Å². The van der Waals surface area contributed by atoms with E-state index in [0.717, 1.165) is 52.5 Å². The van der Waals surface area contributed by atoms with Gasteiger partial charge in [-0.05, 0) is 118 Å². The lowest BCUT2D eigenvalue weighted by Gasteiger charge is -2.16. The van der Waals surface area contributed by atoms with Crippen LogP contribution in [-0.4, -0.2) is 52.2 Å². The van der Waals surface area contributed by atoms with Crippen LogP contribution in [0.3, 0.4) is 0 Å². The number of unbranched alkanes of at least 4 members (excludes halogenated alkanes) is 22. The average molecular weight is 695 g/mol. The molecule has 0 fully saturated rings. The van der Waals surface area contributed by atoms with E-state index in [1.165, 1.54) is 167 Å². The highest BCUT2D eigenvalue weighted by Gasteiger charge is 2.07. The van der Waals surface area contributed by atoms with E-state index in [1.807, 2.05) is 27.7 Å². The molecule has 0 unspecified atom stereocenters. The molecular weight excluding hydrogens is 608 g/mol. The van der Waals surface area contributed by atoms with E-state index in [2.05, 4.69) is 24.3 Å². The van der Waals surface area contributed by atoms with E-state index in [-0.39, 0.29) is 12.6 Å². The highest BCUT2D eigenvalue weighted by atomic mass is 16.7. The van der Waals surface area contributed by atoms with Crippen LogP contribution in [0.2, 0.25) is 0 Å². The van der Waals surface area contributed by atoms with Gasteiger partial charge in [0.1, 0.15) is 0 Å². The summed E-state index contributed by atoms with van der Waals surface area (Å²) in [5.41, 5.74) is 0. The Morgan fingerprint density at radius 2 is 0.551 bits per heavy atom. The lowest BCUT2D eigenvalue weighted by atomic mass is 10.1. The van der Waals surface area contributed by atoms with Crippen molar-refractivity contribution in [2.75, 3.05) is 39.6 Å². The van der Waals surface area contributed by atoms with Gasteiger partial charge in [0.05, 0.1) is 0 Å². The van der Waals surface area contributed by atoms with Crippen molar-refractivity contribution in [1.82, 2.24) is 0 Å². The minimum absolute atomic E-state index is 0.00471. The van der Waals surface area contributed by atoms with Gasteiger partial charge < -0.3 is 23.7 Å². The van der Waals surface area contributed by atoms with Crippen molar-refractivity contribution < 1.29 is 23.7 Å². The Bertz CT molecular complexity index is 585. The molecule has 0 radical (unpaired) electrons. The predicted molar refractivity (Wildman–Crippen MR) is 212 cm³/mol. The SMILES string of the molecule is CCOC(CCCCCCC/C=C\CCCCCCCCOCCCCCCCC/C=C\CCCCCCCC(OCC)OCC)OCC. The van der Waals surface area contributed by atoms with Crippen LogP contribution in [0.4, 0.5) is 0 Å². The van der Waals surface area contributed by atoms with Gasteiger partial charge in [-0.1, -0.05) is 114 Å². The van der Waals surface area contributed by atoms with Gasteiger partial charge in [-0.3, -0.25) is 0 Å². The van der Waals surface area contributed by atoms with E-state index in [1.54, 1.807) is 0 Å². The molecule has 0 spiro atoms. The monoisotopic (exact) mass is 695 g/mol. The number of ether oxygens (including phenoxy) is 5. The predicted octanol–water partition coefficient (Wildman–Crippen LogP) is 13.8. The minimum Gasteiger partial charge on any atom is -0.381 e. The molecule has 0 heterocycles. The van der Waals surface area contributed by atoms with Crippen molar-refractivity contribution in [1.29, 1.82) is 0 Å². The molecule has 5 nitrogen and oxygen atoms in total. The molecule has 0 aromatic rings. The lowest BCUT2D eigenvalue weighted by molar-refractivity contribution is -0.140. The zero-order valence-electron chi connectivity index (χ0n) is 33.5. The largest absolute Gasteiger partial charge is 0.381 e. The first-order chi connectivity index (χ1) is 24.3. The Hall–Kier alpha value is -0.720. The van der Waals surface area contributed by atoms with Crippen molar-refractivity contribution in [3.05, 3.63) is 24.3 Å². The maximum atomic E-state index is 5.89. The topological polar surface area (TPSA) is 46.2 Å². The normalized spacial score (nSPS) is 12.2. The van der Waals surface area contributed by atoms with Crippen molar-refractivity contribution >= 4 is 0 Å². The second-order valence-electron chi connectivity index (χ2n) is 13.7. The summed E-state index contributed by atoms with van der Waals surface area (Å²) in [7, 11) is 0. The molecule has 0 aromatic heterocycles. The van der Waals surface area contributed by atoms with Crippen molar-refractivity contribution in [2.45, 2.75) is 220 Å². The highest BCUT2D eigenvalue weighted by Crippen LogP contribution is 2.14. The van der Waals surface area contributed by atoms with Crippen LogP contribution in [0.1, 0.15) is 207 Å². The molecule has 0 amide bonds. The fraction of sp³-hybridized carbons (Fsp3) is 0.909. The summed E-state index contributed by atoms with van der Waals surface area (Å²) < 4.78 is 28.4. The fourth-order valence-corrected chi connectivity index (χ4v) is 6.30. The number of hydrogen-bond donors (Lipinski definition) is 0. The molecule has 49 heavy (non-hydrogen) atoms. The van der Waals surface area contributed by atoms with Crippen LogP contribution in [0, 0.1) is 0 Å². The molecule has 0 bridgehead atoms. The fourth-order valence-electron chi connectivity index (χ4n) is 6.30. The summed E-state index contributed by atoms with van der Waals surface area (Å²) in [6.45, 7) is 13.0. The third kappa shape index (κ3) is 39.9. The van der Waals surface area contributed by atoms with Crippen LogP contribution < -0.4 is 0 Å². The summed E-state index contributed by atoms with van der Waals surface area (Å²) in [6, 6.07) is 0. The van der Waals surface area contributed by atoms with E-state index < -0.39 is 0 Å². The second-order valence-corrected chi connectivity index (χ2v) is 13.7. The van der Waals surface area contributed by atoms with Gasteiger partial charge in [0.25, 0.3) is 0 Å². The van der Waals surface area contributed by atoms with E-state index in [4.69, 9.17) is 23.7 Å². The molecule has 0 aliphatic carbocycles. The summed E-state index contributed by atoms with van der Waals surface area (Å²) in [6.07, 6.45) is 45.8. The maximum absolute atomic E-state index is 5.89. The zero-order chi connectivity index (χ0) is 35.6. The van der Waals surface area contributed by atoms with Gasteiger partial charge >= 0.3 is 0 Å². The molecule has 5 heteroatoms. The van der Waals surface area contributed by atoms with E-state index in [9.17, 15) is 0 Å². The van der Waals surface area contributed by atoms with Crippen LogP contribution in [-0.2, 0) is 23.7 Å². The highest BCUT2D eigenvalue weighted by molar-refractivity contribution is 4.82. The zero-order valence-corrected chi connectivity index (χ0v) is 33.5. The molecule has 292 valence electrons. The molecule has 0 saturated carbocycles. The Balaban J connectivity index is 3.23. The average Bonchev–Trinajstić information content (AvgIpc) is 3.10. The Kier molecular flexibility index (Phi) is 42.8. The van der Waals surface area contributed by atoms with Crippen LogP contribution in [0.5, 0.6) is 0 Å². The quantitative estimate of drug-likeness (QED) is 0.0361.